The van der Waals surface area contributed by atoms with Gasteiger partial charge in [0, 0.05) is 53.2 Å². The molecule has 0 saturated carbocycles. The van der Waals surface area contributed by atoms with Crippen molar-refractivity contribution in [2.75, 3.05) is 0 Å². The number of fused-ring (bicyclic) bond motifs is 6. The van der Waals surface area contributed by atoms with Gasteiger partial charge < -0.3 is 4.57 Å². The highest BCUT2D eigenvalue weighted by molar-refractivity contribution is 7.26. The molecule has 0 aliphatic carbocycles. The number of hydrogen-bond donors (Lipinski definition) is 0. The molecule has 0 fully saturated rings. The number of benzene rings is 8. The van der Waals surface area contributed by atoms with Crippen LogP contribution in [0.2, 0.25) is 0 Å². The summed E-state index contributed by atoms with van der Waals surface area (Å²) < 4.78 is 4.81. The fraction of sp³-hybridized carbons (Fsp3) is 0.0556. The maximum absolute atomic E-state index is 5.23. The summed E-state index contributed by atoms with van der Waals surface area (Å²) in [6.07, 6.45) is 0. The monoisotopic (exact) mass is 774 g/mol. The Bertz CT molecular complexity index is 3300. The summed E-state index contributed by atoms with van der Waals surface area (Å²) in [5.41, 5.74) is 12.4. The average Bonchev–Trinajstić information content (AvgIpc) is 3.85. The van der Waals surface area contributed by atoms with Crippen molar-refractivity contribution in [2.24, 2.45) is 0 Å². The van der Waals surface area contributed by atoms with E-state index >= 15 is 0 Å². The molecular formula is C54H38N4S. The predicted octanol–water partition coefficient (Wildman–Crippen LogP) is 14.8. The van der Waals surface area contributed by atoms with Gasteiger partial charge in [-0.05, 0) is 58.5 Å². The van der Waals surface area contributed by atoms with Gasteiger partial charge in [0.2, 0.25) is 0 Å². The van der Waals surface area contributed by atoms with E-state index in [0.29, 0.717) is 23.4 Å². The molecule has 0 aliphatic rings. The van der Waals surface area contributed by atoms with E-state index < -0.39 is 0 Å². The highest BCUT2D eigenvalue weighted by atomic mass is 32.1. The minimum atomic E-state index is 0.421. The standard InChI is InChI=1S/C54H38N4S/c1-34(2)39-14-3-4-15-40(39)35-26-30-37(31-27-35)52-55-53(57-54(56-52)46-21-13-20-45-44-19-8-12-25-50(44)59-51(45)46)38-32-28-36(29-33-38)41-16-5-9-22-47(41)58-48-23-10-6-17-42(48)43-18-7-11-24-49(43)58/h3-34H,1-2H3. The Kier molecular flexibility index (Phi) is 8.49. The molecule has 11 rings (SSSR count). The highest BCUT2D eigenvalue weighted by Crippen LogP contribution is 2.41. The quantitative estimate of drug-likeness (QED) is 0.162. The van der Waals surface area contributed by atoms with E-state index in [0.717, 1.165) is 33.5 Å². The van der Waals surface area contributed by atoms with Gasteiger partial charge in [-0.3, -0.25) is 0 Å². The number of nitrogens with zero attached hydrogens (tertiary/aromatic N) is 4. The maximum atomic E-state index is 5.23. The lowest BCUT2D eigenvalue weighted by Gasteiger charge is -2.15. The first-order valence-electron chi connectivity index (χ1n) is 20.1. The zero-order valence-corrected chi connectivity index (χ0v) is 33.5. The minimum absolute atomic E-state index is 0.421. The van der Waals surface area contributed by atoms with E-state index in [2.05, 4.69) is 206 Å². The van der Waals surface area contributed by atoms with Crippen LogP contribution >= 0.6 is 11.3 Å². The Morgan fingerprint density at radius 2 is 0.864 bits per heavy atom. The van der Waals surface area contributed by atoms with E-state index in [1.165, 1.54) is 58.7 Å². The Morgan fingerprint density at radius 1 is 0.390 bits per heavy atom. The van der Waals surface area contributed by atoms with Crippen molar-refractivity contribution in [1.82, 2.24) is 19.5 Å². The van der Waals surface area contributed by atoms with Crippen molar-refractivity contribution in [2.45, 2.75) is 19.8 Å². The molecule has 0 bridgehead atoms. The van der Waals surface area contributed by atoms with Gasteiger partial charge in [0.05, 0.1) is 16.7 Å². The predicted molar refractivity (Wildman–Crippen MR) is 248 cm³/mol. The Morgan fingerprint density at radius 3 is 1.53 bits per heavy atom. The number of rotatable bonds is 7. The van der Waals surface area contributed by atoms with Gasteiger partial charge in [-0.2, -0.15) is 0 Å². The molecule has 0 radical (unpaired) electrons. The van der Waals surface area contributed by atoms with Crippen LogP contribution < -0.4 is 0 Å². The SMILES string of the molecule is CC(C)c1ccccc1-c1ccc(-c2nc(-c3ccc(-c4ccccc4-n4c5ccccc5c5ccccc54)cc3)nc(-c3cccc4c3sc3ccccc34)n2)cc1. The number of para-hydroxylation sites is 3. The van der Waals surface area contributed by atoms with Crippen LogP contribution in [-0.2, 0) is 0 Å². The molecule has 5 heteroatoms. The first-order valence-corrected chi connectivity index (χ1v) is 21.0. The van der Waals surface area contributed by atoms with E-state index in [9.17, 15) is 0 Å². The molecule has 3 aromatic heterocycles. The molecule has 0 atom stereocenters. The van der Waals surface area contributed by atoms with Gasteiger partial charge >= 0.3 is 0 Å². The Hall–Kier alpha value is -7.21. The van der Waals surface area contributed by atoms with Crippen LogP contribution in [-0.4, -0.2) is 19.5 Å². The largest absolute Gasteiger partial charge is 0.309 e. The topological polar surface area (TPSA) is 43.6 Å². The van der Waals surface area contributed by atoms with Gasteiger partial charge in [0.15, 0.2) is 17.5 Å². The van der Waals surface area contributed by atoms with E-state index in [1.54, 1.807) is 11.3 Å². The number of aromatic nitrogens is 4. The first-order chi connectivity index (χ1) is 29.1. The van der Waals surface area contributed by atoms with Gasteiger partial charge in [-0.1, -0.05) is 172 Å². The molecule has 0 spiro atoms. The fourth-order valence-corrected chi connectivity index (χ4v) is 9.85. The molecular weight excluding hydrogens is 737 g/mol. The summed E-state index contributed by atoms with van der Waals surface area (Å²) in [5, 5.41) is 4.95. The van der Waals surface area contributed by atoms with E-state index in [4.69, 9.17) is 15.0 Å². The Labute approximate surface area is 346 Å². The third-order valence-corrected chi connectivity index (χ3v) is 12.7. The van der Waals surface area contributed by atoms with Gasteiger partial charge in [-0.25, -0.2) is 15.0 Å². The van der Waals surface area contributed by atoms with Crippen molar-refractivity contribution in [1.29, 1.82) is 0 Å². The molecule has 0 N–H and O–H groups in total. The van der Waals surface area contributed by atoms with E-state index in [-0.39, 0.29) is 0 Å². The summed E-state index contributed by atoms with van der Waals surface area (Å²) in [4.78, 5) is 15.6. The summed E-state index contributed by atoms with van der Waals surface area (Å²) in [5.74, 6) is 2.37. The lowest BCUT2D eigenvalue weighted by molar-refractivity contribution is 0.869. The lowest BCUT2D eigenvalue weighted by atomic mass is 9.92. The molecule has 0 unspecified atom stereocenters. The zero-order chi connectivity index (χ0) is 39.5. The molecule has 8 aromatic carbocycles. The van der Waals surface area contributed by atoms with Crippen molar-refractivity contribution in [3.8, 4) is 62.1 Å². The summed E-state index contributed by atoms with van der Waals surface area (Å²) in [7, 11) is 0. The third-order valence-electron chi connectivity index (χ3n) is 11.5. The van der Waals surface area contributed by atoms with Crippen LogP contribution in [0, 0.1) is 0 Å². The summed E-state index contributed by atoms with van der Waals surface area (Å²) >= 11 is 1.79. The normalized spacial score (nSPS) is 11.7. The second-order valence-corrected chi connectivity index (χ2v) is 16.4. The second-order valence-electron chi connectivity index (χ2n) is 15.4. The molecule has 280 valence electrons. The molecule has 59 heavy (non-hydrogen) atoms. The van der Waals surface area contributed by atoms with Crippen molar-refractivity contribution < 1.29 is 0 Å². The van der Waals surface area contributed by atoms with Crippen LogP contribution in [0.3, 0.4) is 0 Å². The molecule has 0 amide bonds. The van der Waals surface area contributed by atoms with Crippen LogP contribution in [0.25, 0.3) is 104 Å². The van der Waals surface area contributed by atoms with Gasteiger partial charge in [-0.15, -0.1) is 11.3 Å². The molecule has 4 nitrogen and oxygen atoms in total. The van der Waals surface area contributed by atoms with Crippen LogP contribution in [0.1, 0.15) is 25.3 Å². The van der Waals surface area contributed by atoms with Gasteiger partial charge in [0.1, 0.15) is 0 Å². The minimum Gasteiger partial charge on any atom is -0.309 e. The molecule has 0 aliphatic heterocycles. The lowest BCUT2D eigenvalue weighted by Crippen LogP contribution is -2.00. The Balaban J connectivity index is 1.04. The maximum Gasteiger partial charge on any atom is 0.165 e. The molecule has 3 heterocycles. The van der Waals surface area contributed by atoms with Crippen molar-refractivity contribution in [3.63, 3.8) is 0 Å². The second kappa shape index (κ2) is 14.3. The van der Waals surface area contributed by atoms with Crippen LogP contribution in [0.15, 0.2) is 188 Å². The molecule has 0 saturated heterocycles. The van der Waals surface area contributed by atoms with Crippen molar-refractivity contribution >= 4 is 53.3 Å². The van der Waals surface area contributed by atoms with Crippen LogP contribution in [0.4, 0.5) is 0 Å². The average molecular weight is 775 g/mol. The third kappa shape index (κ3) is 6.01. The molecule has 11 aromatic rings. The first kappa shape index (κ1) is 35.0. The van der Waals surface area contributed by atoms with E-state index in [1.807, 2.05) is 0 Å². The van der Waals surface area contributed by atoms with Crippen LogP contribution in [0.5, 0.6) is 0 Å². The van der Waals surface area contributed by atoms with Gasteiger partial charge in [0.25, 0.3) is 0 Å². The fourth-order valence-electron chi connectivity index (χ4n) is 8.63. The highest BCUT2D eigenvalue weighted by Gasteiger charge is 2.19. The summed E-state index contributed by atoms with van der Waals surface area (Å²) in [6, 6.07) is 67.0. The number of thiophene rings is 1. The number of hydrogen-bond acceptors (Lipinski definition) is 4. The summed E-state index contributed by atoms with van der Waals surface area (Å²) in [6.45, 7) is 4.49. The smallest absolute Gasteiger partial charge is 0.165 e. The van der Waals surface area contributed by atoms with Crippen molar-refractivity contribution in [3.05, 3.63) is 194 Å². The zero-order valence-electron chi connectivity index (χ0n) is 32.7.